The minimum atomic E-state index is 0.626. The van der Waals surface area contributed by atoms with E-state index in [1.165, 1.54) is 5.56 Å². The molecule has 0 radical (unpaired) electrons. The lowest BCUT2D eigenvalue weighted by Crippen LogP contribution is -2.04. The van der Waals surface area contributed by atoms with Gasteiger partial charge in [-0.1, -0.05) is 36.4 Å². The molecular formula is C15H15N5S. The summed E-state index contributed by atoms with van der Waals surface area (Å²) in [6.45, 7) is 0.626. The number of nitrogens with two attached hydrogens (primary N) is 1. The molecule has 0 amide bonds. The van der Waals surface area contributed by atoms with Crippen LogP contribution in [0, 0.1) is 0 Å². The van der Waals surface area contributed by atoms with Crippen LogP contribution in [0.5, 0.6) is 0 Å². The summed E-state index contributed by atoms with van der Waals surface area (Å²) in [5.74, 6) is 0. The third-order valence-electron chi connectivity index (χ3n) is 3.03. The number of rotatable bonds is 5. The molecule has 1 aromatic heterocycles. The fraction of sp³-hybridized carbons (Fsp3) is 0.133. The average Bonchev–Trinajstić information content (AvgIpc) is 2.99. The first-order valence-corrected chi connectivity index (χ1v) is 7.50. The second kappa shape index (κ2) is 6.51. The Morgan fingerprint density at radius 1 is 1.00 bits per heavy atom. The molecule has 0 spiro atoms. The van der Waals surface area contributed by atoms with E-state index >= 15 is 0 Å². The summed E-state index contributed by atoms with van der Waals surface area (Å²) in [6, 6.07) is 18.1. The van der Waals surface area contributed by atoms with Crippen molar-refractivity contribution in [3.63, 3.8) is 0 Å². The molecule has 3 rings (SSSR count). The molecule has 0 fully saturated rings. The highest BCUT2D eigenvalue weighted by atomic mass is 32.2. The molecule has 21 heavy (non-hydrogen) atoms. The Labute approximate surface area is 127 Å². The van der Waals surface area contributed by atoms with E-state index in [1.54, 1.807) is 16.4 Å². The largest absolute Gasteiger partial charge is 0.330 e. The van der Waals surface area contributed by atoms with Crippen LogP contribution in [0.2, 0.25) is 0 Å². The molecule has 0 aliphatic heterocycles. The smallest absolute Gasteiger partial charge is 0.218 e. The Bertz CT molecular complexity index is 711. The summed E-state index contributed by atoms with van der Waals surface area (Å²) in [7, 11) is 0. The van der Waals surface area contributed by atoms with Crippen LogP contribution < -0.4 is 5.73 Å². The third-order valence-corrected chi connectivity index (χ3v) is 4.08. The van der Waals surface area contributed by atoms with Crippen LogP contribution in [0.25, 0.3) is 5.69 Å². The van der Waals surface area contributed by atoms with E-state index in [-0.39, 0.29) is 0 Å². The maximum Gasteiger partial charge on any atom is 0.218 e. The molecule has 6 heteroatoms. The van der Waals surface area contributed by atoms with Crippen LogP contribution in [-0.4, -0.2) is 26.8 Å². The van der Waals surface area contributed by atoms with Gasteiger partial charge in [0.15, 0.2) is 0 Å². The van der Waals surface area contributed by atoms with Crippen LogP contribution in [0.4, 0.5) is 0 Å². The molecule has 0 aliphatic rings. The van der Waals surface area contributed by atoms with Gasteiger partial charge >= 0.3 is 0 Å². The molecule has 2 aromatic carbocycles. The van der Waals surface area contributed by atoms with Gasteiger partial charge < -0.3 is 5.73 Å². The number of hydrogen-bond acceptors (Lipinski definition) is 5. The van der Waals surface area contributed by atoms with E-state index in [9.17, 15) is 0 Å². The summed E-state index contributed by atoms with van der Waals surface area (Å²) < 4.78 is 1.74. The van der Waals surface area contributed by atoms with Crippen molar-refractivity contribution in [2.75, 3.05) is 6.54 Å². The maximum atomic E-state index is 5.67. The number of tetrazole rings is 1. The van der Waals surface area contributed by atoms with Crippen LogP contribution >= 0.6 is 11.8 Å². The Hall–Kier alpha value is -2.18. The lowest BCUT2D eigenvalue weighted by atomic mass is 10.1. The van der Waals surface area contributed by atoms with Crippen molar-refractivity contribution in [3.05, 3.63) is 60.2 Å². The molecule has 5 nitrogen and oxygen atoms in total. The molecule has 0 aliphatic carbocycles. The Balaban J connectivity index is 1.92. The molecule has 0 saturated heterocycles. The minimum absolute atomic E-state index is 0.626. The Kier molecular flexibility index (Phi) is 4.28. The Morgan fingerprint density at radius 3 is 2.57 bits per heavy atom. The van der Waals surface area contributed by atoms with Crippen LogP contribution in [0.1, 0.15) is 5.56 Å². The van der Waals surface area contributed by atoms with Gasteiger partial charge in [0.25, 0.3) is 0 Å². The zero-order chi connectivity index (χ0) is 14.5. The SMILES string of the molecule is NCCc1ccccc1Sc1nnnn1-c1ccccc1. The van der Waals surface area contributed by atoms with Crippen LogP contribution in [-0.2, 0) is 6.42 Å². The van der Waals surface area contributed by atoms with Gasteiger partial charge in [0.05, 0.1) is 5.69 Å². The second-order valence-electron chi connectivity index (χ2n) is 4.46. The molecule has 2 N–H and O–H groups in total. The standard InChI is InChI=1S/C15H15N5S/c16-11-10-12-6-4-5-9-14(12)21-15-17-18-19-20(15)13-7-2-1-3-8-13/h1-9H,10-11,16H2. The van der Waals surface area contributed by atoms with Crippen molar-refractivity contribution in [1.29, 1.82) is 0 Å². The summed E-state index contributed by atoms with van der Waals surface area (Å²) in [6.07, 6.45) is 0.843. The van der Waals surface area contributed by atoms with Crippen molar-refractivity contribution in [3.8, 4) is 5.69 Å². The minimum Gasteiger partial charge on any atom is -0.330 e. The van der Waals surface area contributed by atoms with Crippen molar-refractivity contribution in [2.24, 2.45) is 5.73 Å². The lowest BCUT2D eigenvalue weighted by Gasteiger charge is -2.08. The molecule has 1 heterocycles. The van der Waals surface area contributed by atoms with E-state index in [1.807, 2.05) is 42.5 Å². The van der Waals surface area contributed by atoms with Crippen molar-refractivity contribution in [2.45, 2.75) is 16.5 Å². The monoisotopic (exact) mass is 297 g/mol. The van der Waals surface area contributed by atoms with Gasteiger partial charge in [-0.2, -0.15) is 4.68 Å². The average molecular weight is 297 g/mol. The van der Waals surface area contributed by atoms with E-state index in [0.29, 0.717) is 6.54 Å². The first-order valence-electron chi connectivity index (χ1n) is 6.68. The van der Waals surface area contributed by atoms with Crippen molar-refractivity contribution in [1.82, 2.24) is 20.2 Å². The maximum absolute atomic E-state index is 5.67. The molecule has 0 unspecified atom stereocenters. The fourth-order valence-corrected chi connectivity index (χ4v) is 2.99. The fourth-order valence-electron chi connectivity index (χ4n) is 2.04. The molecule has 0 atom stereocenters. The first-order chi connectivity index (χ1) is 10.4. The van der Waals surface area contributed by atoms with Crippen LogP contribution in [0.3, 0.4) is 0 Å². The topological polar surface area (TPSA) is 69.6 Å². The number of aromatic nitrogens is 4. The van der Waals surface area contributed by atoms with Gasteiger partial charge in [-0.3, -0.25) is 0 Å². The summed E-state index contributed by atoms with van der Waals surface area (Å²) in [5.41, 5.74) is 7.83. The third kappa shape index (κ3) is 3.12. The van der Waals surface area contributed by atoms with Crippen molar-refractivity contribution < 1.29 is 0 Å². The number of hydrogen-bond donors (Lipinski definition) is 1. The zero-order valence-electron chi connectivity index (χ0n) is 11.4. The van der Waals surface area contributed by atoms with Gasteiger partial charge in [-0.15, -0.1) is 5.10 Å². The van der Waals surface area contributed by atoms with Gasteiger partial charge in [0.2, 0.25) is 5.16 Å². The van der Waals surface area contributed by atoms with E-state index in [4.69, 9.17) is 5.73 Å². The molecule has 3 aromatic rings. The summed E-state index contributed by atoms with van der Waals surface area (Å²) in [4.78, 5) is 1.13. The number of nitrogens with zero attached hydrogens (tertiary/aromatic N) is 4. The zero-order valence-corrected chi connectivity index (χ0v) is 12.2. The predicted molar refractivity (Wildman–Crippen MR) is 82.5 cm³/mol. The molecule has 106 valence electrons. The van der Waals surface area contributed by atoms with Gasteiger partial charge in [0.1, 0.15) is 0 Å². The molecule has 0 saturated carbocycles. The lowest BCUT2D eigenvalue weighted by molar-refractivity contribution is 0.756. The van der Waals surface area contributed by atoms with Crippen molar-refractivity contribution >= 4 is 11.8 Å². The summed E-state index contributed by atoms with van der Waals surface area (Å²) in [5, 5.41) is 12.7. The highest BCUT2D eigenvalue weighted by molar-refractivity contribution is 7.99. The molecular weight excluding hydrogens is 282 g/mol. The number of para-hydroxylation sites is 1. The predicted octanol–water partition coefficient (Wildman–Crippen LogP) is 2.31. The van der Waals surface area contributed by atoms with E-state index in [0.717, 1.165) is 22.2 Å². The summed E-state index contributed by atoms with van der Waals surface area (Å²) >= 11 is 1.55. The van der Waals surface area contributed by atoms with E-state index in [2.05, 4.69) is 27.7 Å². The molecule has 0 bridgehead atoms. The van der Waals surface area contributed by atoms with Gasteiger partial charge in [-0.05, 0) is 58.9 Å². The second-order valence-corrected chi connectivity index (χ2v) is 5.47. The van der Waals surface area contributed by atoms with Gasteiger partial charge in [0, 0.05) is 4.90 Å². The normalized spacial score (nSPS) is 10.7. The van der Waals surface area contributed by atoms with E-state index < -0.39 is 0 Å². The van der Waals surface area contributed by atoms with Gasteiger partial charge in [-0.25, -0.2) is 0 Å². The Morgan fingerprint density at radius 2 is 1.76 bits per heavy atom. The quantitative estimate of drug-likeness (QED) is 0.782. The highest BCUT2D eigenvalue weighted by Gasteiger charge is 2.11. The highest BCUT2D eigenvalue weighted by Crippen LogP contribution is 2.29. The number of benzene rings is 2. The van der Waals surface area contributed by atoms with Crippen LogP contribution in [0.15, 0.2) is 64.6 Å². The first kappa shape index (κ1) is 13.8.